The van der Waals surface area contributed by atoms with Crippen molar-refractivity contribution in [3.8, 4) is 23.7 Å². The number of hydrogen-bond acceptors (Lipinski definition) is 7. The van der Waals surface area contributed by atoms with Gasteiger partial charge in [-0.25, -0.2) is 5.48 Å². The number of carbonyl (C=O) groups excluding carboxylic acids is 2. The number of amides is 2. The Labute approximate surface area is 205 Å². The van der Waals surface area contributed by atoms with Crippen LogP contribution in [0, 0.1) is 23.7 Å². The monoisotopic (exact) mass is 481 g/mol. The summed E-state index contributed by atoms with van der Waals surface area (Å²) in [4.78, 5) is 23.8. The average Bonchev–Trinajstić information content (AvgIpc) is 2.85. The maximum absolute atomic E-state index is 12.3. The Balaban J connectivity index is 0.00000612. The molecule has 0 spiro atoms. The Bertz CT molecular complexity index is 1080. The molecular weight excluding hydrogens is 450 g/mol. The molecule has 2 rings (SSSR count). The van der Waals surface area contributed by atoms with Gasteiger partial charge in [0.25, 0.3) is 11.8 Å². The number of rotatable bonds is 9. The van der Waals surface area contributed by atoms with E-state index in [1.807, 2.05) is 24.3 Å². The number of hydroxylamine groups is 1. The van der Waals surface area contributed by atoms with Gasteiger partial charge < -0.3 is 26.0 Å². The highest BCUT2D eigenvalue weighted by molar-refractivity contribution is 5.97. The third kappa shape index (κ3) is 9.98. The van der Waals surface area contributed by atoms with Gasteiger partial charge in [-0.15, -0.1) is 0 Å². The van der Waals surface area contributed by atoms with Crippen LogP contribution in [0.4, 0.5) is 0 Å². The minimum Gasteiger partial charge on any atom is -0.394 e. The molecule has 0 saturated carbocycles. The number of benzene rings is 2. The molecule has 9 heteroatoms. The molecule has 7 N–H and O–H groups in total. The van der Waals surface area contributed by atoms with E-state index in [9.17, 15) is 19.8 Å². The lowest BCUT2D eigenvalue weighted by molar-refractivity contribution is -0.133. The molecule has 186 valence electrons. The smallest absolute Gasteiger partial charge is 0.268 e. The van der Waals surface area contributed by atoms with Crippen LogP contribution in [0.5, 0.6) is 0 Å². The summed E-state index contributed by atoms with van der Waals surface area (Å²) < 4.78 is 0. The third-order valence-electron chi connectivity index (χ3n) is 4.66. The number of hydrogen-bond donors (Lipinski definition) is 7. The van der Waals surface area contributed by atoms with Crippen LogP contribution in [-0.2, 0) is 11.3 Å². The second-order valence-corrected chi connectivity index (χ2v) is 7.41. The molecule has 2 aromatic rings. The lowest BCUT2D eigenvalue weighted by atomic mass is 10.1. The minimum absolute atomic E-state index is 0. The van der Waals surface area contributed by atoms with Gasteiger partial charge >= 0.3 is 0 Å². The van der Waals surface area contributed by atoms with Crippen molar-refractivity contribution in [3.63, 3.8) is 0 Å². The van der Waals surface area contributed by atoms with Gasteiger partial charge in [-0.1, -0.05) is 31.4 Å². The van der Waals surface area contributed by atoms with E-state index in [0.717, 1.165) is 11.1 Å². The van der Waals surface area contributed by atoms with Crippen molar-refractivity contribution >= 4 is 11.8 Å². The van der Waals surface area contributed by atoms with Gasteiger partial charge in [0.05, 0.1) is 18.8 Å². The normalized spacial score (nSPS) is 12.4. The van der Waals surface area contributed by atoms with E-state index in [4.69, 9.17) is 10.3 Å². The zero-order valence-corrected chi connectivity index (χ0v) is 18.6. The molecule has 0 radical (unpaired) electrons. The molecule has 0 fully saturated rings. The zero-order valence-electron chi connectivity index (χ0n) is 18.6. The Hall–Kier alpha value is -3.70. The number of aliphatic hydroxyl groups is 3. The quantitative estimate of drug-likeness (QED) is 0.153. The molecule has 0 saturated heterocycles. The van der Waals surface area contributed by atoms with E-state index in [-0.39, 0.29) is 19.6 Å². The highest BCUT2D eigenvalue weighted by Gasteiger charge is 2.25. The van der Waals surface area contributed by atoms with Crippen molar-refractivity contribution in [1.29, 1.82) is 0 Å². The molecule has 1 unspecified atom stereocenters. The molecule has 0 bridgehead atoms. The van der Waals surface area contributed by atoms with Gasteiger partial charge in [0, 0.05) is 29.8 Å². The average molecular weight is 482 g/mol. The molecular formula is C26H31N3O6. The first-order valence-electron chi connectivity index (χ1n) is 10.5. The van der Waals surface area contributed by atoms with Crippen LogP contribution in [0.15, 0.2) is 48.5 Å². The van der Waals surface area contributed by atoms with Gasteiger partial charge in [-0.3, -0.25) is 14.8 Å². The molecule has 9 nitrogen and oxygen atoms in total. The molecule has 0 aromatic heterocycles. The third-order valence-corrected chi connectivity index (χ3v) is 4.66. The Morgan fingerprint density at radius 1 is 0.943 bits per heavy atom. The predicted octanol–water partition coefficient (Wildman–Crippen LogP) is 0.153. The summed E-state index contributed by atoms with van der Waals surface area (Å²) in [6, 6.07) is 12.5. The van der Waals surface area contributed by atoms with E-state index in [0.29, 0.717) is 18.7 Å². The van der Waals surface area contributed by atoms with Crippen LogP contribution in [0.25, 0.3) is 0 Å². The first-order valence-corrected chi connectivity index (χ1v) is 10.5. The van der Waals surface area contributed by atoms with Gasteiger partial charge in [0.2, 0.25) is 0 Å². The van der Waals surface area contributed by atoms with Crippen molar-refractivity contribution in [2.75, 3.05) is 13.2 Å². The van der Waals surface area contributed by atoms with Crippen LogP contribution >= 0.6 is 0 Å². The maximum Gasteiger partial charge on any atom is 0.268 e. The van der Waals surface area contributed by atoms with Crippen molar-refractivity contribution in [3.05, 3.63) is 70.8 Å². The fourth-order valence-corrected chi connectivity index (χ4v) is 2.76. The fourth-order valence-electron chi connectivity index (χ4n) is 2.76. The summed E-state index contributed by atoms with van der Waals surface area (Å²) in [5.74, 6) is 9.82. The Morgan fingerprint density at radius 2 is 1.49 bits per heavy atom. The summed E-state index contributed by atoms with van der Waals surface area (Å²) in [5, 5.41) is 41.8. The second-order valence-electron chi connectivity index (χ2n) is 7.41. The molecule has 0 aliphatic heterocycles. The predicted molar refractivity (Wildman–Crippen MR) is 131 cm³/mol. The lowest BCUT2D eigenvalue weighted by Crippen LogP contribution is -2.51. The van der Waals surface area contributed by atoms with Crippen LogP contribution in [0.3, 0.4) is 0 Å². The fraction of sp³-hybridized carbons (Fsp3) is 0.308. The van der Waals surface area contributed by atoms with E-state index >= 15 is 0 Å². The molecule has 2 aromatic carbocycles. The maximum atomic E-state index is 12.3. The van der Waals surface area contributed by atoms with Crippen molar-refractivity contribution in [2.45, 2.75) is 39.1 Å². The first-order chi connectivity index (χ1) is 16.3. The van der Waals surface area contributed by atoms with E-state index in [1.165, 1.54) is 24.5 Å². The van der Waals surface area contributed by atoms with E-state index < -0.39 is 30.1 Å². The van der Waals surface area contributed by atoms with Gasteiger partial charge in [0.15, 0.2) is 0 Å². The summed E-state index contributed by atoms with van der Waals surface area (Å²) in [6.07, 6.45) is -1.97. The molecule has 3 atom stereocenters. The van der Waals surface area contributed by atoms with E-state index in [1.54, 1.807) is 12.1 Å². The largest absolute Gasteiger partial charge is 0.394 e. The van der Waals surface area contributed by atoms with E-state index in [2.05, 4.69) is 34.3 Å². The van der Waals surface area contributed by atoms with Crippen LogP contribution in [-0.4, -0.2) is 63.7 Å². The number of carbonyl (C=O) groups is 2. The number of aliphatic hydroxyl groups excluding tert-OH is 3. The van der Waals surface area contributed by atoms with Gasteiger partial charge in [-0.05, 0) is 60.7 Å². The molecule has 35 heavy (non-hydrogen) atoms. The van der Waals surface area contributed by atoms with Gasteiger partial charge in [0.1, 0.15) is 6.04 Å². The Morgan fingerprint density at radius 3 is 1.97 bits per heavy atom. The highest BCUT2D eigenvalue weighted by Crippen LogP contribution is 2.05. The SMILES string of the molecule is C.C[C@@H](O)[C@H](NC(=O)c1ccc(C#CC#Cc2ccc(CNCC(O)CO)cc2)cc1)C(=O)NO. The molecule has 0 heterocycles. The number of nitrogens with one attached hydrogen (secondary N) is 3. The van der Waals surface area contributed by atoms with Crippen LogP contribution in [0.2, 0.25) is 0 Å². The van der Waals surface area contributed by atoms with Gasteiger partial charge in [-0.2, -0.15) is 0 Å². The first kappa shape index (κ1) is 29.3. The molecule has 0 aliphatic carbocycles. The van der Waals surface area contributed by atoms with Crippen LogP contribution < -0.4 is 16.1 Å². The summed E-state index contributed by atoms with van der Waals surface area (Å²) in [7, 11) is 0. The summed E-state index contributed by atoms with van der Waals surface area (Å²) >= 11 is 0. The lowest BCUT2D eigenvalue weighted by Gasteiger charge is -2.19. The van der Waals surface area contributed by atoms with Crippen molar-refractivity contribution < 1.29 is 30.1 Å². The highest BCUT2D eigenvalue weighted by atomic mass is 16.5. The Kier molecular flexibility index (Phi) is 12.8. The minimum atomic E-state index is -1.29. The standard InChI is InChI=1S/C25H27N3O6.CH4/c1-17(30)23(25(33)28-34)27-24(32)21-12-10-19(11-13-21)5-3-2-4-18-6-8-20(9-7-18)14-26-15-22(31)16-29;/h6-13,17,22-23,26,29-31,34H,14-16H2,1H3,(H,27,32)(H,28,33);1H4/t17-,22?,23+;/m1./s1. The molecule has 2 amide bonds. The summed E-state index contributed by atoms with van der Waals surface area (Å²) in [5.41, 5.74) is 4.11. The summed E-state index contributed by atoms with van der Waals surface area (Å²) in [6.45, 7) is 1.91. The molecule has 0 aliphatic rings. The zero-order chi connectivity index (χ0) is 24.9. The van der Waals surface area contributed by atoms with Crippen molar-refractivity contribution in [2.24, 2.45) is 0 Å². The second kappa shape index (κ2) is 15.3. The van der Waals surface area contributed by atoms with Crippen LogP contribution in [0.1, 0.15) is 41.4 Å². The topological polar surface area (TPSA) is 151 Å². The van der Waals surface area contributed by atoms with Crippen molar-refractivity contribution in [1.82, 2.24) is 16.1 Å².